The number of ether oxygens (including phenoxy) is 2. The van der Waals surface area contributed by atoms with Gasteiger partial charge in [0.25, 0.3) is 0 Å². The molecule has 2 aromatic rings. The first kappa shape index (κ1) is 15.2. The molecule has 0 fully saturated rings. The highest BCUT2D eigenvalue weighted by Gasteiger charge is 2.13. The van der Waals surface area contributed by atoms with E-state index in [9.17, 15) is 0 Å². The van der Waals surface area contributed by atoms with Crippen molar-refractivity contribution in [2.45, 2.75) is 6.54 Å². The number of nitrogens with two attached hydrogens (primary N) is 1. The van der Waals surface area contributed by atoms with Gasteiger partial charge in [0.15, 0.2) is 11.5 Å². The summed E-state index contributed by atoms with van der Waals surface area (Å²) in [6, 6.07) is 12.3. The topological polar surface area (TPSA) is 47.7 Å². The molecule has 0 amide bonds. The molecule has 112 valence electrons. The molecular formula is C17H22N2O2. The van der Waals surface area contributed by atoms with Gasteiger partial charge in [0.1, 0.15) is 0 Å². The van der Waals surface area contributed by atoms with E-state index >= 15 is 0 Å². The van der Waals surface area contributed by atoms with Gasteiger partial charge in [-0.2, -0.15) is 0 Å². The standard InChI is InChI=1S/C17H22N2O2/c1-19(2)14-7-5-13(6-8-14)15-9-12(11-18)10-16(20-3)17(15)21-4/h5-10H,11,18H2,1-4H3. The van der Waals surface area contributed by atoms with E-state index in [0.717, 1.165) is 28.1 Å². The lowest BCUT2D eigenvalue weighted by atomic mass is 10.0. The van der Waals surface area contributed by atoms with Crippen LogP contribution in [0, 0.1) is 0 Å². The first-order valence-corrected chi connectivity index (χ1v) is 6.83. The van der Waals surface area contributed by atoms with Crippen LogP contribution in [-0.4, -0.2) is 28.3 Å². The fraction of sp³-hybridized carbons (Fsp3) is 0.294. The zero-order valence-electron chi connectivity index (χ0n) is 13.0. The van der Waals surface area contributed by atoms with E-state index in [-0.39, 0.29) is 0 Å². The highest BCUT2D eigenvalue weighted by Crippen LogP contribution is 2.39. The monoisotopic (exact) mass is 286 g/mol. The van der Waals surface area contributed by atoms with Gasteiger partial charge in [0.2, 0.25) is 0 Å². The number of nitrogens with zero attached hydrogens (tertiary/aromatic N) is 1. The first-order valence-electron chi connectivity index (χ1n) is 6.83. The maximum Gasteiger partial charge on any atom is 0.168 e. The third-order valence-electron chi connectivity index (χ3n) is 3.47. The second-order valence-electron chi connectivity index (χ2n) is 5.02. The summed E-state index contributed by atoms with van der Waals surface area (Å²) in [5.41, 5.74) is 10.0. The average molecular weight is 286 g/mol. The van der Waals surface area contributed by atoms with E-state index in [4.69, 9.17) is 15.2 Å². The predicted octanol–water partition coefficient (Wildman–Crippen LogP) is 2.90. The van der Waals surface area contributed by atoms with Crippen LogP contribution in [0.1, 0.15) is 5.56 Å². The van der Waals surface area contributed by atoms with E-state index in [1.165, 1.54) is 0 Å². The molecule has 0 saturated heterocycles. The Morgan fingerprint density at radius 1 is 1.00 bits per heavy atom. The fourth-order valence-corrected chi connectivity index (χ4v) is 2.29. The van der Waals surface area contributed by atoms with Crippen molar-refractivity contribution < 1.29 is 9.47 Å². The van der Waals surface area contributed by atoms with Gasteiger partial charge in [-0.1, -0.05) is 12.1 Å². The molecule has 21 heavy (non-hydrogen) atoms. The number of hydrogen-bond acceptors (Lipinski definition) is 4. The number of benzene rings is 2. The molecule has 0 aliphatic rings. The normalized spacial score (nSPS) is 10.3. The number of methoxy groups -OCH3 is 2. The molecule has 2 rings (SSSR count). The Morgan fingerprint density at radius 3 is 2.14 bits per heavy atom. The van der Waals surface area contributed by atoms with E-state index in [2.05, 4.69) is 29.2 Å². The first-order chi connectivity index (χ1) is 10.1. The van der Waals surface area contributed by atoms with Gasteiger partial charge < -0.3 is 20.1 Å². The Balaban J connectivity index is 2.55. The lowest BCUT2D eigenvalue weighted by molar-refractivity contribution is 0.355. The molecule has 0 aromatic heterocycles. The second kappa shape index (κ2) is 6.50. The van der Waals surface area contributed by atoms with E-state index in [0.29, 0.717) is 12.3 Å². The van der Waals surface area contributed by atoms with Gasteiger partial charge >= 0.3 is 0 Å². The van der Waals surface area contributed by atoms with Crippen LogP contribution < -0.4 is 20.1 Å². The molecule has 0 heterocycles. The summed E-state index contributed by atoms with van der Waals surface area (Å²) in [4.78, 5) is 2.07. The quantitative estimate of drug-likeness (QED) is 0.918. The van der Waals surface area contributed by atoms with E-state index in [1.54, 1.807) is 14.2 Å². The molecule has 4 heteroatoms. The molecule has 0 saturated carbocycles. The lowest BCUT2D eigenvalue weighted by Crippen LogP contribution is -2.08. The summed E-state index contributed by atoms with van der Waals surface area (Å²) < 4.78 is 10.9. The van der Waals surface area contributed by atoms with E-state index in [1.807, 2.05) is 26.2 Å². The summed E-state index contributed by atoms with van der Waals surface area (Å²) in [6.07, 6.45) is 0. The SMILES string of the molecule is COc1cc(CN)cc(-c2ccc(N(C)C)cc2)c1OC. The molecule has 0 bridgehead atoms. The van der Waals surface area contributed by atoms with Crippen molar-refractivity contribution in [3.63, 3.8) is 0 Å². The number of rotatable bonds is 5. The molecule has 2 N–H and O–H groups in total. The zero-order chi connectivity index (χ0) is 15.4. The van der Waals surface area contributed by atoms with E-state index < -0.39 is 0 Å². The smallest absolute Gasteiger partial charge is 0.168 e. The molecule has 4 nitrogen and oxygen atoms in total. The van der Waals surface area contributed by atoms with Gasteiger partial charge in [-0.25, -0.2) is 0 Å². The Labute approximate surface area is 126 Å². The van der Waals surface area contributed by atoms with Gasteiger partial charge in [-0.05, 0) is 35.4 Å². The molecule has 0 spiro atoms. The van der Waals surface area contributed by atoms with Crippen LogP contribution in [0.5, 0.6) is 11.5 Å². The van der Waals surface area contributed by atoms with Crippen molar-refractivity contribution in [3.8, 4) is 22.6 Å². The highest BCUT2D eigenvalue weighted by atomic mass is 16.5. The van der Waals surface area contributed by atoms with Crippen LogP contribution in [0.4, 0.5) is 5.69 Å². The van der Waals surface area contributed by atoms with Crippen molar-refractivity contribution in [1.29, 1.82) is 0 Å². The van der Waals surface area contributed by atoms with Crippen molar-refractivity contribution in [1.82, 2.24) is 0 Å². The van der Waals surface area contributed by atoms with Gasteiger partial charge in [-0.3, -0.25) is 0 Å². The number of anilines is 1. The predicted molar refractivity (Wildman–Crippen MR) is 87.2 cm³/mol. The van der Waals surface area contributed by atoms with Crippen LogP contribution in [0.15, 0.2) is 36.4 Å². The lowest BCUT2D eigenvalue weighted by Gasteiger charge is -2.16. The molecule has 0 aliphatic carbocycles. The average Bonchev–Trinajstić information content (AvgIpc) is 2.53. The Kier molecular flexibility index (Phi) is 4.70. The minimum atomic E-state index is 0.461. The summed E-state index contributed by atoms with van der Waals surface area (Å²) >= 11 is 0. The largest absolute Gasteiger partial charge is 0.493 e. The van der Waals surface area contributed by atoms with Crippen LogP contribution >= 0.6 is 0 Å². The molecular weight excluding hydrogens is 264 g/mol. The molecule has 0 atom stereocenters. The summed E-state index contributed by atoms with van der Waals surface area (Å²) in [5.74, 6) is 1.43. The van der Waals surface area contributed by atoms with Crippen molar-refractivity contribution in [2.75, 3.05) is 33.2 Å². The Bertz CT molecular complexity index is 607. The molecule has 0 radical (unpaired) electrons. The maximum atomic E-state index is 5.77. The Hall–Kier alpha value is -2.20. The Morgan fingerprint density at radius 2 is 1.67 bits per heavy atom. The second-order valence-corrected chi connectivity index (χ2v) is 5.02. The van der Waals surface area contributed by atoms with Crippen molar-refractivity contribution in [3.05, 3.63) is 42.0 Å². The van der Waals surface area contributed by atoms with Crippen molar-refractivity contribution in [2.24, 2.45) is 5.73 Å². The molecule has 2 aromatic carbocycles. The zero-order valence-corrected chi connectivity index (χ0v) is 13.0. The fourth-order valence-electron chi connectivity index (χ4n) is 2.29. The molecule has 0 aliphatic heterocycles. The van der Waals surface area contributed by atoms with Crippen LogP contribution in [0.25, 0.3) is 11.1 Å². The van der Waals surface area contributed by atoms with Gasteiger partial charge in [0.05, 0.1) is 14.2 Å². The maximum absolute atomic E-state index is 5.77. The third kappa shape index (κ3) is 3.11. The minimum Gasteiger partial charge on any atom is -0.493 e. The molecule has 0 unspecified atom stereocenters. The van der Waals surface area contributed by atoms with Crippen LogP contribution in [0.3, 0.4) is 0 Å². The number of hydrogen-bond donors (Lipinski definition) is 1. The van der Waals surface area contributed by atoms with Crippen LogP contribution in [-0.2, 0) is 6.54 Å². The van der Waals surface area contributed by atoms with Crippen LogP contribution in [0.2, 0.25) is 0 Å². The third-order valence-corrected chi connectivity index (χ3v) is 3.47. The summed E-state index contributed by atoms with van der Waals surface area (Å²) in [7, 11) is 7.33. The summed E-state index contributed by atoms with van der Waals surface area (Å²) in [6.45, 7) is 0.461. The van der Waals surface area contributed by atoms with Gasteiger partial charge in [-0.15, -0.1) is 0 Å². The van der Waals surface area contributed by atoms with Gasteiger partial charge in [0, 0.05) is 31.9 Å². The highest BCUT2D eigenvalue weighted by molar-refractivity contribution is 5.76. The van der Waals surface area contributed by atoms with Crippen molar-refractivity contribution >= 4 is 5.69 Å². The summed E-state index contributed by atoms with van der Waals surface area (Å²) in [5, 5.41) is 0. The minimum absolute atomic E-state index is 0.461.